The van der Waals surface area contributed by atoms with Crippen LogP contribution in [0.1, 0.15) is 25.1 Å². The molecule has 2 heterocycles. The van der Waals surface area contributed by atoms with Crippen molar-refractivity contribution in [3.63, 3.8) is 0 Å². The van der Waals surface area contributed by atoms with Crippen molar-refractivity contribution in [1.29, 1.82) is 0 Å². The van der Waals surface area contributed by atoms with Crippen LogP contribution < -0.4 is 9.47 Å². The van der Waals surface area contributed by atoms with Gasteiger partial charge in [0, 0.05) is 46.6 Å². The molecule has 4 rings (SSSR count). The van der Waals surface area contributed by atoms with Crippen LogP contribution in [0.2, 0.25) is 0 Å². The molecule has 1 aromatic heterocycles. The maximum absolute atomic E-state index is 6.53. The van der Waals surface area contributed by atoms with Crippen LogP contribution in [0, 0.1) is 0 Å². The Bertz CT molecular complexity index is 1180. The topological polar surface area (TPSA) is 7.12 Å². The number of benzene rings is 2. The number of fused-ring (bicyclic) bond motifs is 2. The second-order valence-corrected chi connectivity index (χ2v) is 7.61. The van der Waals surface area contributed by atoms with Crippen molar-refractivity contribution in [3.05, 3.63) is 107 Å². The number of nitrogens with zero attached hydrogens (tertiary/aromatic N) is 2. The molecular formula is C27H26ClN2+. The van der Waals surface area contributed by atoms with Gasteiger partial charge in [-0.3, -0.25) is 0 Å². The Balaban J connectivity index is 1.59. The molecule has 150 valence electrons. The minimum absolute atomic E-state index is 0.696. The van der Waals surface area contributed by atoms with Crippen molar-refractivity contribution >= 4 is 40.3 Å². The van der Waals surface area contributed by atoms with Crippen molar-refractivity contribution in [1.82, 2.24) is 0 Å². The maximum atomic E-state index is 6.53. The maximum Gasteiger partial charge on any atom is 0.212 e. The quantitative estimate of drug-likeness (QED) is 0.332. The van der Waals surface area contributed by atoms with E-state index < -0.39 is 0 Å². The van der Waals surface area contributed by atoms with E-state index in [4.69, 9.17) is 11.6 Å². The Labute approximate surface area is 183 Å². The molecule has 1 aliphatic heterocycles. The lowest BCUT2D eigenvalue weighted by molar-refractivity contribution is -0.669. The highest BCUT2D eigenvalue weighted by Crippen LogP contribution is 2.30. The molecule has 0 spiro atoms. The fraction of sp³-hybridized carbons (Fsp3) is 0.148. The Kier molecular flexibility index (Phi) is 6.15. The first kappa shape index (κ1) is 20.2. The van der Waals surface area contributed by atoms with Gasteiger partial charge in [0.05, 0.1) is 0 Å². The summed E-state index contributed by atoms with van der Waals surface area (Å²) in [4.78, 5) is 2.30. The van der Waals surface area contributed by atoms with Gasteiger partial charge in [0.1, 0.15) is 6.54 Å². The SMILES string of the molecule is CCN1/C(=C/C=C(Cl)/C=C/c2ccc3ccccc3[n+]2CC)C=Cc2ccccc21. The predicted octanol–water partition coefficient (Wildman–Crippen LogP) is 6.72. The number of rotatable bonds is 5. The van der Waals surface area contributed by atoms with Gasteiger partial charge in [0.25, 0.3) is 0 Å². The van der Waals surface area contributed by atoms with Gasteiger partial charge in [-0.2, -0.15) is 4.57 Å². The van der Waals surface area contributed by atoms with Crippen LogP contribution in [-0.4, -0.2) is 6.54 Å². The molecule has 0 aliphatic carbocycles. The first-order valence-corrected chi connectivity index (χ1v) is 10.8. The summed E-state index contributed by atoms with van der Waals surface area (Å²) in [6.45, 7) is 6.14. The molecule has 0 saturated carbocycles. The zero-order valence-electron chi connectivity index (χ0n) is 17.4. The van der Waals surface area contributed by atoms with Gasteiger partial charge in [0.2, 0.25) is 11.2 Å². The lowest BCUT2D eigenvalue weighted by Gasteiger charge is -2.29. The van der Waals surface area contributed by atoms with Gasteiger partial charge >= 0.3 is 0 Å². The lowest BCUT2D eigenvalue weighted by Crippen LogP contribution is -2.36. The second kappa shape index (κ2) is 9.15. The van der Waals surface area contributed by atoms with E-state index >= 15 is 0 Å². The number of pyridine rings is 1. The number of aromatic nitrogens is 1. The van der Waals surface area contributed by atoms with Crippen LogP contribution in [0.25, 0.3) is 23.1 Å². The zero-order chi connectivity index (χ0) is 20.9. The molecule has 2 aromatic carbocycles. The van der Waals surface area contributed by atoms with Gasteiger partial charge in [-0.25, -0.2) is 0 Å². The first-order valence-electron chi connectivity index (χ1n) is 10.4. The van der Waals surface area contributed by atoms with Gasteiger partial charge in [-0.15, -0.1) is 0 Å². The van der Waals surface area contributed by atoms with Crippen LogP contribution in [0.5, 0.6) is 0 Å². The number of anilines is 1. The van der Waals surface area contributed by atoms with Crippen molar-refractivity contribution in [2.45, 2.75) is 20.4 Å². The van der Waals surface area contributed by atoms with Crippen molar-refractivity contribution < 1.29 is 4.57 Å². The highest BCUT2D eigenvalue weighted by molar-refractivity contribution is 6.31. The van der Waals surface area contributed by atoms with Crippen molar-refractivity contribution in [2.24, 2.45) is 0 Å². The standard InChI is InChI=1S/C27H26ClN2/c1-3-29-24(17-13-21-9-5-7-11-26(21)29)19-15-23(28)16-20-25-18-14-22-10-6-8-12-27(22)30(25)4-2/h5-20H,3-4H2,1-2H3/q+1. The average molecular weight is 414 g/mol. The van der Waals surface area contributed by atoms with Crippen molar-refractivity contribution in [2.75, 3.05) is 11.4 Å². The summed E-state index contributed by atoms with van der Waals surface area (Å²) >= 11 is 6.53. The van der Waals surface area contributed by atoms with Crippen LogP contribution in [0.3, 0.4) is 0 Å². The normalized spacial score (nSPS) is 15.4. The number of aryl methyl sites for hydroxylation is 1. The number of halogens is 1. The van der Waals surface area contributed by atoms with E-state index in [1.165, 1.54) is 22.2 Å². The fourth-order valence-electron chi connectivity index (χ4n) is 3.94. The Morgan fingerprint density at radius 2 is 1.77 bits per heavy atom. The lowest BCUT2D eigenvalue weighted by atomic mass is 10.1. The molecule has 0 fully saturated rings. The molecule has 0 saturated heterocycles. The predicted molar refractivity (Wildman–Crippen MR) is 129 cm³/mol. The van der Waals surface area contributed by atoms with Crippen LogP contribution in [0.4, 0.5) is 5.69 Å². The summed E-state index contributed by atoms with van der Waals surface area (Å²) in [7, 11) is 0. The average Bonchev–Trinajstić information content (AvgIpc) is 2.80. The van der Waals surface area contributed by atoms with E-state index in [0.717, 1.165) is 24.5 Å². The monoisotopic (exact) mass is 413 g/mol. The number of allylic oxidation sites excluding steroid dienone is 5. The summed E-state index contributed by atoms with van der Waals surface area (Å²) in [5, 5.41) is 1.94. The minimum atomic E-state index is 0.696. The number of para-hydroxylation sites is 2. The second-order valence-electron chi connectivity index (χ2n) is 7.17. The molecule has 3 heteroatoms. The molecule has 3 aromatic rings. The summed E-state index contributed by atoms with van der Waals surface area (Å²) in [6.07, 6.45) is 12.4. The molecule has 30 heavy (non-hydrogen) atoms. The number of likely N-dealkylation sites (N-methyl/N-ethyl adjacent to an activating group) is 1. The molecule has 0 amide bonds. The molecule has 1 aliphatic rings. The Hall–Kier alpha value is -3.10. The van der Waals surface area contributed by atoms with E-state index in [2.05, 4.69) is 108 Å². The summed E-state index contributed by atoms with van der Waals surface area (Å²) in [5.41, 5.74) is 5.98. The molecule has 0 atom stereocenters. The smallest absolute Gasteiger partial charge is 0.212 e. The molecule has 2 nitrogen and oxygen atoms in total. The van der Waals surface area contributed by atoms with E-state index in [0.29, 0.717) is 5.03 Å². The van der Waals surface area contributed by atoms with Crippen LogP contribution >= 0.6 is 11.6 Å². The third kappa shape index (κ3) is 4.10. The van der Waals surface area contributed by atoms with Crippen molar-refractivity contribution in [3.8, 4) is 0 Å². The highest BCUT2D eigenvalue weighted by Gasteiger charge is 2.14. The Morgan fingerprint density at radius 1 is 0.967 bits per heavy atom. The third-order valence-corrected chi connectivity index (χ3v) is 5.66. The van der Waals surface area contributed by atoms with Gasteiger partial charge in [-0.05, 0) is 61.9 Å². The molecule has 0 N–H and O–H groups in total. The first-order chi connectivity index (χ1) is 14.7. The number of hydrogen-bond donors (Lipinski definition) is 0. The minimum Gasteiger partial charge on any atom is -0.341 e. The molecular weight excluding hydrogens is 388 g/mol. The van der Waals surface area contributed by atoms with Gasteiger partial charge < -0.3 is 4.90 Å². The zero-order valence-corrected chi connectivity index (χ0v) is 18.2. The molecule has 0 bridgehead atoms. The van der Waals surface area contributed by atoms with E-state index in [9.17, 15) is 0 Å². The van der Waals surface area contributed by atoms with Crippen LogP contribution in [-0.2, 0) is 6.54 Å². The van der Waals surface area contributed by atoms with Crippen LogP contribution in [0.15, 0.2) is 95.7 Å². The van der Waals surface area contributed by atoms with E-state index in [1.54, 1.807) is 0 Å². The molecule has 0 unspecified atom stereocenters. The van der Waals surface area contributed by atoms with E-state index in [-0.39, 0.29) is 0 Å². The summed E-state index contributed by atoms with van der Waals surface area (Å²) in [6, 6.07) is 21.2. The van der Waals surface area contributed by atoms with E-state index in [1.807, 2.05) is 12.2 Å². The molecule has 0 radical (unpaired) electrons. The largest absolute Gasteiger partial charge is 0.341 e. The third-order valence-electron chi connectivity index (χ3n) is 5.40. The number of hydrogen-bond acceptors (Lipinski definition) is 1. The Morgan fingerprint density at radius 3 is 2.60 bits per heavy atom. The fourth-order valence-corrected chi connectivity index (χ4v) is 4.07. The summed E-state index contributed by atoms with van der Waals surface area (Å²) in [5.74, 6) is 0. The van der Waals surface area contributed by atoms with Gasteiger partial charge in [0.15, 0.2) is 0 Å². The highest BCUT2D eigenvalue weighted by atomic mass is 35.5. The van der Waals surface area contributed by atoms with Gasteiger partial charge in [-0.1, -0.05) is 48.0 Å². The summed E-state index contributed by atoms with van der Waals surface area (Å²) < 4.78 is 2.30.